The van der Waals surface area contributed by atoms with E-state index in [0.29, 0.717) is 36.0 Å². The van der Waals surface area contributed by atoms with Gasteiger partial charge in [0.25, 0.3) is 0 Å². The molecule has 6 aliphatic rings. The molecule has 2 spiro atoms. The number of nitrogen functional groups attached to an aromatic ring is 1. The molecule has 0 radical (unpaired) electrons. The van der Waals surface area contributed by atoms with Crippen LogP contribution < -0.4 is 40.6 Å². The van der Waals surface area contributed by atoms with Crippen LogP contribution in [0.25, 0.3) is 0 Å². The van der Waals surface area contributed by atoms with E-state index >= 15 is 0 Å². The molecule has 0 aliphatic carbocycles. The van der Waals surface area contributed by atoms with Crippen LogP contribution in [0.2, 0.25) is 0 Å². The molecule has 5 N–H and O–H groups in total. The molecule has 6 aliphatic heterocycles. The number of carbonyl (C=O) groups is 3. The Morgan fingerprint density at radius 1 is 0.500 bits per heavy atom. The molecule has 10 rings (SSSR count). The first kappa shape index (κ1) is 36.0. The van der Waals surface area contributed by atoms with Crippen molar-refractivity contribution in [1.82, 2.24) is 0 Å². The lowest BCUT2D eigenvalue weighted by Crippen LogP contribution is -2.59. The number of nitrogens with one attached hydrogen (secondary N) is 3. The van der Waals surface area contributed by atoms with E-state index in [1.54, 1.807) is 12.1 Å². The molecule has 0 saturated carbocycles. The predicted molar refractivity (Wildman–Crippen MR) is 209 cm³/mol. The Morgan fingerprint density at radius 3 is 1.09 bits per heavy atom. The average Bonchev–Trinajstić information content (AvgIpc) is 3.67. The summed E-state index contributed by atoms with van der Waals surface area (Å²) >= 11 is 0. The fourth-order valence-electron chi connectivity index (χ4n) is 7.50. The van der Waals surface area contributed by atoms with Gasteiger partial charge >= 0.3 is 12.1 Å². The highest BCUT2D eigenvalue weighted by atomic mass is 16.8. The highest BCUT2D eigenvalue weighted by Gasteiger charge is 2.69. The van der Waals surface area contributed by atoms with Crippen molar-refractivity contribution in [2.24, 2.45) is 0 Å². The number of amides is 3. The van der Waals surface area contributed by atoms with Gasteiger partial charge in [0.05, 0.1) is 22.3 Å². The molecule has 0 aromatic heterocycles. The van der Waals surface area contributed by atoms with Crippen LogP contribution in [-0.4, -0.2) is 99.1 Å². The number of nitrogens with two attached hydrogens (primary N) is 1. The fourth-order valence-corrected chi connectivity index (χ4v) is 7.50. The minimum Gasteiger partial charge on any atom is -0.399 e. The molecule has 3 amide bonds. The predicted octanol–water partition coefficient (Wildman–Crippen LogP) is 3.41. The second kappa shape index (κ2) is 13.4. The average molecular weight is 759 g/mol. The number of carbonyl (C=O) groups excluding carboxylic acids is 3. The van der Waals surface area contributed by atoms with E-state index in [0.717, 1.165) is 58.2 Å². The van der Waals surface area contributed by atoms with Gasteiger partial charge in [-0.15, -0.1) is 0 Å². The van der Waals surface area contributed by atoms with Gasteiger partial charge in [0.15, 0.2) is 47.9 Å². The van der Waals surface area contributed by atoms with Crippen LogP contribution in [0.1, 0.15) is 50.5 Å². The molecule has 15 heteroatoms. The summed E-state index contributed by atoms with van der Waals surface area (Å²) in [7, 11) is 0. The van der Waals surface area contributed by atoms with Crippen molar-refractivity contribution in [3.05, 3.63) is 95.1 Å². The van der Waals surface area contributed by atoms with Gasteiger partial charge in [-0.1, -0.05) is 25.7 Å². The molecule has 15 nitrogen and oxygen atoms in total. The van der Waals surface area contributed by atoms with Crippen LogP contribution in [0.5, 0.6) is 23.0 Å². The van der Waals surface area contributed by atoms with Crippen molar-refractivity contribution in [1.29, 1.82) is 0 Å². The summed E-state index contributed by atoms with van der Waals surface area (Å²) < 4.78 is 33.4. The first-order chi connectivity index (χ1) is 26.5. The number of fused-ring (bicyclic) bond motifs is 4. The topological polar surface area (TPSA) is 162 Å². The van der Waals surface area contributed by atoms with E-state index < -0.39 is 12.1 Å². The van der Waals surface area contributed by atoms with E-state index in [9.17, 15) is 14.4 Å². The maximum Gasteiger partial charge on any atom is 0.704 e. The van der Waals surface area contributed by atoms with Crippen molar-refractivity contribution < 1.29 is 51.6 Å². The number of ether oxygens (including phenoxy) is 4. The number of hydrogen-bond donors (Lipinski definition) is 4. The molecule has 4 aromatic rings. The number of anilines is 4. The van der Waals surface area contributed by atoms with Crippen molar-refractivity contribution in [2.45, 2.75) is 40.3 Å². The second-order valence-electron chi connectivity index (χ2n) is 13.9. The molecule has 6 heterocycles. The van der Waals surface area contributed by atoms with Gasteiger partial charge in [-0.3, -0.25) is 14.4 Å². The van der Waals surface area contributed by atoms with Gasteiger partial charge in [-0.2, -0.15) is 0 Å². The van der Waals surface area contributed by atoms with Crippen LogP contribution >= 0.6 is 0 Å². The molecule has 2 saturated heterocycles. The lowest BCUT2D eigenvalue weighted by molar-refractivity contribution is -0.855. The Kier molecular flexibility index (Phi) is 8.59. The summed E-state index contributed by atoms with van der Waals surface area (Å²) in [5.41, 5.74) is 12.3. The first-order valence-corrected chi connectivity index (χ1v) is 17.8. The third-order valence-corrected chi connectivity index (χ3v) is 9.79. The minimum absolute atomic E-state index is 0. The number of rotatable bonds is 3. The Bertz CT molecular complexity index is 2420. The van der Waals surface area contributed by atoms with Gasteiger partial charge < -0.3 is 40.6 Å². The lowest BCUT2D eigenvalue weighted by Gasteiger charge is -2.27. The summed E-state index contributed by atoms with van der Waals surface area (Å²) in [6.07, 6.45) is 8.03. The maximum atomic E-state index is 11.3. The van der Waals surface area contributed by atoms with Crippen LogP contribution in [-0.2, 0) is 14.4 Å². The molecule has 2 fully saturated rings. The summed E-state index contributed by atoms with van der Waals surface area (Å²) in [6.45, 7) is 7.39. The SMILES string of the molecule is C.CC(=O)Nc1ccc2c(c1)C=[N+]1CC[N+]3=Cc4cc(N)ccc4OC31O2.CC(=O)Nc1ccc2c(c1)C=[N+]1CC[N+]3=Cc4cc(NC(C)=O)ccc4OC13O2. The highest BCUT2D eigenvalue weighted by Crippen LogP contribution is 2.39. The smallest absolute Gasteiger partial charge is 0.399 e. The Labute approximate surface area is 322 Å². The third-order valence-electron chi connectivity index (χ3n) is 9.79. The van der Waals surface area contributed by atoms with Crippen molar-refractivity contribution >= 4 is 65.3 Å². The van der Waals surface area contributed by atoms with Gasteiger partial charge in [0, 0.05) is 43.5 Å². The zero-order valence-corrected chi connectivity index (χ0v) is 30.3. The van der Waals surface area contributed by atoms with Gasteiger partial charge in [-0.05, 0) is 72.8 Å². The second-order valence-corrected chi connectivity index (χ2v) is 13.9. The van der Waals surface area contributed by atoms with Gasteiger partial charge in [0.2, 0.25) is 43.9 Å². The number of nitrogens with zero attached hydrogens (tertiary/aromatic N) is 4. The molecule has 1 unspecified atom stereocenters. The molecule has 284 valence electrons. The third kappa shape index (κ3) is 6.16. The number of benzene rings is 4. The Balaban J connectivity index is 0.000000156. The molecular formula is C41H42N8O7+4. The summed E-state index contributed by atoms with van der Waals surface area (Å²) in [5.74, 6) is 2.44. The summed E-state index contributed by atoms with van der Waals surface area (Å²) in [6, 6.07) is 20.1. The van der Waals surface area contributed by atoms with Crippen molar-refractivity contribution in [2.75, 3.05) is 47.9 Å². The molecule has 0 bridgehead atoms. The highest BCUT2D eigenvalue weighted by molar-refractivity contribution is 5.93. The van der Waals surface area contributed by atoms with Crippen LogP contribution in [0.15, 0.2) is 72.8 Å². The largest absolute Gasteiger partial charge is 0.704 e. The Hall–Kier alpha value is -7.03. The normalized spacial score (nSPS) is 19.0. The molecule has 1 atom stereocenters. The van der Waals surface area contributed by atoms with Crippen LogP contribution in [0.4, 0.5) is 22.7 Å². The first-order valence-electron chi connectivity index (χ1n) is 17.8. The van der Waals surface area contributed by atoms with Gasteiger partial charge in [0.1, 0.15) is 0 Å². The van der Waals surface area contributed by atoms with E-state index in [4.69, 9.17) is 24.7 Å². The monoisotopic (exact) mass is 758 g/mol. The fraction of sp³-hybridized carbons (Fsp3) is 0.244. The van der Waals surface area contributed by atoms with Crippen molar-refractivity contribution in [3.63, 3.8) is 0 Å². The molecular weight excluding hydrogens is 716 g/mol. The zero-order chi connectivity index (χ0) is 38.1. The quantitative estimate of drug-likeness (QED) is 0.183. The Morgan fingerprint density at radius 2 is 0.786 bits per heavy atom. The van der Waals surface area contributed by atoms with E-state index in [2.05, 4.69) is 16.0 Å². The molecule has 56 heavy (non-hydrogen) atoms. The maximum absolute atomic E-state index is 11.3. The number of hydrogen-bond acceptors (Lipinski definition) is 8. The summed E-state index contributed by atoms with van der Waals surface area (Å²) in [5, 5.41) is 8.38. The summed E-state index contributed by atoms with van der Waals surface area (Å²) in [4.78, 5) is 34.0. The van der Waals surface area contributed by atoms with E-state index in [1.807, 2.05) is 104 Å². The van der Waals surface area contributed by atoms with E-state index in [-0.39, 0.29) is 25.1 Å². The zero-order valence-electron chi connectivity index (χ0n) is 30.3. The minimum atomic E-state index is -1.08. The lowest BCUT2D eigenvalue weighted by atomic mass is 10.1. The standard InChI is InChI=1S/C21H18N4O4.C19H17N4O3.CH4/c1-13(26)22-17-3-5-19-15(9-17)11-24-7-8-25-12-16-10-18(23-14(2)27)4-6-20(16)29-21(24,25)28-19;1-12(24)21-16-3-5-18-14(9-16)11-23-7-6-22-10-13-8-15(20)2-4-17(13)25-19(22,23)26-18;/h3-6,9-12H,7-8H2,1-2H3;2-5,8-11H,6-7,20H2,1H3;1H4/q;+1;/p+3. The van der Waals surface area contributed by atoms with Crippen LogP contribution in [0, 0.1) is 0 Å². The van der Waals surface area contributed by atoms with Crippen LogP contribution in [0.3, 0.4) is 0 Å². The van der Waals surface area contributed by atoms with E-state index in [1.165, 1.54) is 20.8 Å². The van der Waals surface area contributed by atoms with Crippen molar-refractivity contribution in [3.8, 4) is 23.0 Å². The molecule has 4 aromatic carbocycles. The van der Waals surface area contributed by atoms with Gasteiger partial charge in [-0.25, -0.2) is 0 Å².